The molecule has 2 heterocycles. The van der Waals surface area contributed by atoms with E-state index in [0.29, 0.717) is 12.5 Å². The predicted octanol–water partition coefficient (Wildman–Crippen LogP) is 4.92. The molecule has 2 aliphatic heterocycles. The number of cyclic esters (lactones) is 1. The molecule has 27 heavy (non-hydrogen) atoms. The van der Waals surface area contributed by atoms with E-state index in [9.17, 15) is 4.79 Å². The summed E-state index contributed by atoms with van der Waals surface area (Å²) in [4.78, 5) is 12.1. The number of ether oxygens (including phenoxy) is 3. The fourth-order valence-corrected chi connectivity index (χ4v) is 5.74. The first-order chi connectivity index (χ1) is 12.7. The second-order valence-electron chi connectivity index (χ2n) is 9.49. The molecule has 0 saturated heterocycles. The van der Waals surface area contributed by atoms with Gasteiger partial charge in [0.15, 0.2) is 0 Å². The maximum Gasteiger partial charge on any atom is 0.334 e. The fraction of sp³-hybridized carbons (Fsp3) is 0.609. The van der Waals surface area contributed by atoms with Crippen molar-refractivity contribution in [3.8, 4) is 5.75 Å². The second kappa shape index (κ2) is 5.38. The lowest BCUT2D eigenvalue weighted by Crippen LogP contribution is -2.47. The Morgan fingerprint density at radius 1 is 1.19 bits per heavy atom. The van der Waals surface area contributed by atoms with Crippen molar-refractivity contribution in [1.29, 1.82) is 0 Å². The number of fused-ring (bicyclic) bond motifs is 3. The zero-order valence-electron chi connectivity index (χ0n) is 16.8. The molecular weight excluding hydrogens is 340 g/mol. The highest BCUT2D eigenvalue weighted by Crippen LogP contribution is 2.60. The van der Waals surface area contributed by atoms with Gasteiger partial charge in [-0.3, -0.25) is 0 Å². The molecule has 0 N–H and O–H groups in total. The van der Waals surface area contributed by atoms with Gasteiger partial charge in [0.1, 0.15) is 12.4 Å². The molecule has 4 aliphatic rings. The van der Waals surface area contributed by atoms with Crippen LogP contribution >= 0.6 is 0 Å². The van der Waals surface area contributed by atoms with E-state index in [4.69, 9.17) is 14.2 Å². The van der Waals surface area contributed by atoms with E-state index >= 15 is 0 Å². The molecule has 1 aromatic carbocycles. The first-order valence-corrected chi connectivity index (χ1v) is 10.1. The molecule has 0 radical (unpaired) electrons. The number of benzene rings is 1. The molecule has 5 rings (SSSR count). The minimum Gasteiger partial charge on any atom is -0.462 e. The zero-order valence-corrected chi connectivity index (χ0v) is 16.8. The van der Waals surface area contributed by atoms with Crippen LogP contribution < -0.4 is 4.74 Å². The van der Waals surface area contributed by atoms with Gasteiger partial charge in [0.05, 0.1) is 6.10 Å². The zero-order chi connectivity index (χ0) is 19.1. The molecule has 0 unspecified atom stereocenters. The van der Waals surface area contributed by atoms with Gasteiger partial charge in [-0.05, 0) is 47.8 Å². The molecule has 3 atom stereocenters. The van der Waals surface area contributed by atoms with Crippen LogP contribution in [0.4, 0.5) is 0 Å². The lowest BCUT2D eigenvalue weighted by atomic mass is 9.56. The van der Waals surface area contributed by atoms with Gasteiger partial charge in [-0.25, -0.2) is 4.79 Å². The standard InChI is InChI=1S/C23H28O4/c1-12(2)13-6-7-16-19-18(26-22(3,4)27-20(13)19)10-17-15-11-25-21(24)14(15)8-9-23(16,17)5/h6-7,12,17-18H,8-11H2,1-5H3/t17-,18-,23+/m0/s1. The molecule has 4 nitrogen and oxygen atoms in total. The topological polar surface area (TPSA) is 44.8 Å². The molecule has 4 heteroatoms. The number of hydrogen-bond donors (Lipinski definition) is 0. The normalized spacial score (nSPS) is 33.2. The quantitative estimate of drug-likeness (QED) is 0.660. The van der Waals surface area contributed by atoms with Gasteiger partial charge >= 0.3 is 5.97 Å². The summed E-state index contributed by atoms with van der Waals surface area (Å²) in [5.41, 5.74) is 5.97. The Kier molecular flexibility index (Phi) is 3.44. The van der Waals surface area contributed by atoms with Gasteiger partial charge in [0.25, 0.3) is 0 Å². The van der Waals surface area contributed by atoms with Crippen LogP contribution in [0.5, 0.6) is 5.75 Å². The van der Waals surface area contributed by atoms with E-state index in [1.165, 1.54) is 22.3 Å². The third-order valence-corrected chi connectivity index (χ3v) is 7.09. The summed E-state index contributed by atoms with van der Waals surface area (Å²) in [7, 11) is 0. The lowest BCUT2D eigenvalue weighted by molar-refractivity contribution is -0.215. The Balaban J connectivity index is 1.72. The van der Waals surface area contributed by atoms with Gasteiger partial charge in [-0.2, -0.15) is 0 Å². The molecule has 0 amide bonds. The first kappa shape index (κ1) is 17.3. The number of rotatable bonds is 1. The van der Waals surface area contributed by atoms with E-state index < -0.39 is 5.79 Å². The van der Waals surface area contributed by atoms with Crippen LogP contribution in [0.15, 0.2) is 23.3 Å². The predicted molar refractivity (Wildman–Crippen MR) is 102 cm³/mol. The van der Waals surface area contributed by atoms with Crippen molar-refractivity contribution in [2.24, 2.45) is 5.92 Å². The largest absolute Gasteiger partial charge is 0.462 e. The number of esters is 1. The number of carbonyl (C=O) groups excluding carboxylic acids is 1. The van der Waals surface area contributed by atoms with Gasteiger partial charge in [-0.1, -0.05) is 32.9 Å². The molecule has 0 spiro atoms. The third-order valence-electron chi connectivity index (χ3n) is 7.09. The average Bonchev–Trinajstić information content (AvgIpc) is 2.96. The summed E-state index contributed by atoms with van der Waals surface area (Å²) in [6.07, 6.45) is 2.66. The summed E-state index contributed by atoms with van der Waals surface area (Å²) in [5, 5.41) is 0. The van der Waals surface area contributed by atoms with Gasteiger partial charge < -0.3 is 14.2 Å². The molecule has 1 aromatic rings. The third kappa shape index (κ3) is 2.29. The molecule has 0 fully saturated rings. The Morgan fingerprint density at radius 2 is 1.96 bits per heavy atom. The van der Waals surface area contributed by atoms with E-state index in [0.717, 1.165) is 30.6 Å². The molecule has 0 bridgehead atoms. The van der Waals surface area contributed by atoms with Crippen LogP contribution in [-0.2, 0) is 19.7 Å². The summed E-state index contributed by atoms with van der Waals surface area (Å²) < 4.78 is 18.2. The maximum atomic E-state index is 12.1. The van der Waals surface area contributed by atoms with Crippen LogP contribution in [0, 0.1) is 5.92 Å². The SMILES string of the molecule is CC(C)c1ccc2c3c1OC(C)(C)O[C@H]3C[C@H]1C3=C(CC[C@]21C)C(=O)OC3. The Hall–Kier alpha value is -1.81. The number of hydrogen-bond acceptors (Lipinski definition) is 4. The van der Waals surface area contributed by atoms with Crippen molar-refractivity contribution in [1.82, 2.24) is 0 Å². The van der Waals surface area contributed by atoms with Crippen molar-refractivity contribution in [3.63, 3.8) is 0 Å². The monoisotopic (exact) mass is 368 g/mol. The fourth-order valence-electron chi connectivity index (χ4n) is 5.74. The summed E-state index contributed by atoms with van der Waals surface area (Å²) in [6, 6.07) is 4.53. The Labute approximate surface area is 160 Å². The van der Waals surface area contributed by atoms with Crippen molar-refractivity contribution >= 4 is 5.97 Å². The van der Waals surface area contributed by atoms with Gasteiger partial charge in [-0.15, -0.1) is 0 Å². The summed E-state index contributed by atoms with van der Waals surface area (Å²) in [6.45, 7) is 11.2. The van der Waals surface area contributed by atoms with E-state index in [1.54, 1.807) is 0 Å². The van der Waals surface area contributed by atoms with Crippen molar-refractivity contribution in [2.45, 2.75) is 77.1 Å². The molecule has 2 aliphatic carbocycles. The molecule has 144 valence electrons. The number of carbonyl (C=O) groups is 1. The van der Waals surface area contributed by atoms with E-state index in [1.807, 2.05) is 13.8 Å². The first-order valence-electron chi connectivity index (χ1n) is 10.1. The lowest BCUT2D eigenvalue weighted by Gasteiger charge is -2.52. The maximum absolute atomic E-state index is 12.1. The molecule has 0 aromatic heterocycles. The van der Waals surface area contributed by atoms with Crippen LogP contribution in [0.3, 0.4) is 0 Å². The minimum atomic E-state index is -0.651. The van der Waals surface area contributed by atoms with Crippen LogP contribution in [-0.4, -0.2) is 18.4 Å². The highest BCUT2D eigenvalue weighted by atomic mass is 16.7. The van der Waals surface area contributed by atoms with Crippen LogP contribution in [0.2, 0.25) is 0 Å². The highest BCUT2D eigenvalue weighted by Gasteiger charge is 2.54. The Bertz CT molecular complexity index is 879. The van der Waals surface area contributed by atoms with Crippen molar-refractivity contribution < 1.29 is 19.0 Å². The smallest absolute Gasteiger partial charge is 0.334 e. The van der Waals surface area contributed by atoms with E-state index in [-0.39, 0.29) is 23.4 Å². The van der Waals surface area contributed by atoms with Crippen molar-refractivity contribution in [2.75, 3.05) is 6.61 Å². The average molecular weight is 368 g/mol. The molecule has 0 saturated carbocycles. The van der Waals surface area contributed by atoms with Gasteiger partial charge in [0, 0.05) is 30.4 Å². The van der Waals surface area contributed by atoms with Crippen LogP contribution in [0.25, 0.3) is 0 Å². The Morgan fingerprint density at radius 3 is 2.70 bits per heavy atom. The summed E-state index contributed by atoms with van der Waals surface area (Å²) in [5.74, 6) is 0.953. The van der Waals surface area contributed by atoms with Crippen LogP contribution in [0.1, 0.15) is 82.6 Å². The van der Waals surface area contributed by atoms with Gasteiger partial charge in [0.2, 0.25) is 5.79 Å². The molecular formula is C23H28O4. The summed E-state index contributed by atoms with van der Waals surface area (Å²) >= 11 is 0. The highest BCUT2D eigenvalue weighted by molar-refractivity contribution is 5.92. The van der Waals surface area contributed by atoms with Crippen molar-refractivity contribution in [3.05, 3.63) is 40.0 Å². The second-order valence-corrected chi connectivity index (χ2v) is 9.49. The van der Waals surface area contributed by atoms with E-state index in [2.05, 4.69) is 32.9 Å². The minimum absolute atomic E-state index is 0.00178.